The molecule has 3 nitrogen and oxygen atoms in total. The van der Waals surface area contributed by atoms with Crippen LogP contribution in [0, 0.1) is 17.6 Å². The van der Waals surface area contributed by atoms with Crippen LogP contribution in [-0.4, -0.2) is 9.55 Å². The molecule has 1 aromatic carbocycles. The number of anilines is 2. The fourth-order valence-electron chi connectivity index (χ4n) is 1.69. The van der Waals surface area contributed by atoms with Crippen molar-refractivity contribution in [2.75, 3.05) is 5.32 Å². The molecule has 96 valence electrons. The summed E-state index contributed by atoms with van der Waals surface area (Å²) < 4.78 is 28.4. The van der Waals surface area contributed by atoms with Gasteiger partial charge in [0.1, 0.15) is 11.6 Å². The Kier molecular flexibility index (Phi) is 3.60. The first kappa shape index (κ1) is 12.5. The lowest BCUT2D eigenvalue weighted by Crippen LogP contribution is -2.08. The van der Waals surface area contributed by atoms with E-state index >= 15 is 0 Å². The minimum Gasteiger partial charge on any atom is -0.323 e. The third-order valence-electron chi connectivity index (χ3n) is 2.45. The topological polar surface area (TPSA) is 29.9 Å². The van der Waals surface area contributed by atoms with Gasteiger partial charge in [0.2, 0.25) is 5.95 Å². The molecule has 0 spiro atoms. The quantitative estimate of drug-likeness (QED) is 0.900. The summed E-state index contributed by atoms with van der Waals surface area (Å²) in [7, 11) is 0. The minimum atomic E-state index is -0.504. The van der Waals surface area contributed by atoms with Crippen LogP contribution in [-0.2, 0) is 6.54 Å². The Balaban J connectivity index is 2.23. The van der Waals surface area contributed by atoms with Gasteiger partial charge in [0, 0.05) is 25.0 Å². The molecule has 0 unspecified atom stereocenters. The lowest BCUT2D eigenvalue weighted by Gasteiger charge is -2.12. The van der Waals surface area contributed by atoms with Crippen LogP contribution in [0.1, 0.15) is 13.8 Å². The molecule has 0 saturated carbocycles. The fraction of sp³-hybridized carbons (Fsp3) is 0.308. The van der Waals surface area contributed by atoms with Crippen molar-refractivity contribution in [2.24, 2.45) is 5.92 Å². The number of hydrogen-bond donors (Lipinski definition) is 1. The summed E-state index contributed by atoms with van der Waals surface area (Å²) in [6.45, 7) is 4.92. The second-order valence-electron chi connectivity index (χ2n) is 4.55. The highest BCUT2D eigenvalue weighted by atomic mass is 19.1. The molecule has 1 aromatic heterocycles. The summed E-state index contributed by atoms with van der Waals surface area (Å²) in [6.07, 6.45) is 3.43. The van der Waals surface area contributed by atoms with Gasteiger partial charge in [-0.15, -0.1) is 0 Å². The molecule has 1 heterocycles. The third-order valence-corrected chi connectivity index (χ3v) is 2.45. The van der Waals surface area contributed by atoms with Crippen molar-refractivity contribution in [3.05, 3.63) is 42.2 Å². The van der Waals surface area contributed by atoms with Crippen LogP contribution in [0.2, 0.25) is 0 Å². The van der Waals surface area contributed by atoms with Gasteiger partial charge in [-0.2, -0.15) is 0 Å². The van der Waals surface area contributed by atoms with Crippen molar-refractivity contribution in [3.8, 4) is 0 Å². The van der Waals surface area contributed by atoms with Crippen molar-refractivity contribution in [1.82, 2.24) is 9.55 Å². The highest BCUT2D eigenvalue weighted by Crippen LogP contribution is 2.20. The van der Waals surface area contributed by atoms with Crippen molar-refractivity contribution >= 4 is 11.6 Å². The number of imidazole rings is 1. The Hall–Kier alpha value is -1.91. The maximum Gasteiger partial charge on any atom is 0.207 e. The van der Waals surface area contributed by atoms with E-state index in [1.807, 2.05) is 4.57 Å². The van der Waals surface area contributed by atoms with Crippen LogP contribution in [0.4, 0.5) is 20.4 Å². The van der Waals surface area contributed by atoms with E-state index in [4.69, 9.17) is 0 Å². The van der Waals surface area contributed by atoms with Gasteiger partial charge < -0.3 is 9.88 Å². The average molecular weight is 251 g/mol. The molecule has 0 fully saturated rings. The van der Waals surface area contributed by atoms with Gasteiger partial charge in [0.25, 0.3) is 0 Å². The Morgan fingerprint density at radius 1 is 1.33 bits per heavy atom. The molecule has 0 aliphatic rings. The minimum absolute atomic E-state index is 0.0891. The van der Waals surface area contributed by atoms with Gasteiger partial charge in [0.15, 0.2) is 0 Å². The van der Waals surface area contributed by atoms with Crippen LogP contribution < -0.4 is 5.32 Å². The van der Waals surface area contributed by atoms with E-state index in [0.717, 1.165) is 24.7 Å². The summed E-state index contributed by atoms with van der Waals surface area (Å²) in [5.41, 5.74) is 0.0891. The molecule has 0 amide bonds. The summed E-state index contributed by atoms with van der Waals surface area (Å²) >= 11 is 0. The van der Waals surface area contributed by atoms with Crippen LogP contribution in [0.3, 0.4) is 0 Å². The Bertz CT molecular complexity index is 535. The third kappa shape index (κ3) is 2.85. The Morgan fingerprint density at radius 3 is 2.83 bits per heavy atom. The van der Waals surface area contributed by atoms with Crippen molar-refractivity contribution in [1.29, 1.82) is 0 Å². The highest BCUT2D eigenvalue weighted by Gasteiger charge is 2.08. The molecule has 2 aromatic rings. The second-order valence-corrected chi connectivity index (χ2v) is 4.55. The zero-order chi connectivity index (χ0) is 13.1. The molecular weight excluding hydrogens is 236 g/mol. The van der Waals surface area contributed by atoms with Gasteiger partial charge in [-0.1, -0.05) is 13.8 Å². The van der Waals surface area contributed by atoms with E-state index in [1.54, 1.807) is 12.4 Å². The van der Waals surface area contributed by atoms with E-state index < -0.39 is 11.6 Å². The van der Waals surface area contributed by atoms with E-state index in [-0.39, 0.29) is 5.69 Å². The van der Waals surface area contributed by atoms with E-state index in [2.05, 4.69) is 24.1 Å². The molecule has 0 atom stereocenters. The van der Waals surface area contributed by atoms with E-state index in [9.17, 15) is 8.78 Å². The first-order chi connectivity index (χ1) is 8.56. The number of nitrogens with zero attached hydrogens (tertiary/aromatic N) is 2. The van der Waals surface area contributed by atoms with E-state index in [1.165, 1.54) is 0 Å². The maximum absolute atomic E-state index is 13.5. The molecule has 0 saturated heterocycles. The standard InChI is InChI=1S/C13H15F2N3/c1-9(2)8-18-6-5-16-13(18)17-12-7-10(14)3-4-11(12)15/h3-7,9H,8H2,1-2H3,(H,16,17). The van der Waals surface area contributed by atoms with Crippen molar-refractivity contribution in [2.45, 2.75) is 20.4 Å². The smallest absolute Gasteiger partial charge is 0.207 e. The lowest BCUT2D eigenvalue weighted by molar-refractivity contribution is 0.527. The summed E-state index contributed by atoms with van der Waals surface area (Å²) in [6, 6.07) is 3.29. The van der Waals surface area contributed by atoms with Crippen LogP contribution in [0.25, 0.3) is 0 Å². The fourth-order valence-corrected chi connectivity index (χ4v) is 1.69. The molecule has 18 heavy (non-hydrogen) atoms. The van der Waals surface area contributed by atoms with Crippen LogP contribution >= 0.6 is 0 Å². The van der Waals surface area contributed by atoms with E-state index in [0.29, 0.717) is 11.9 Å². The predicted molar refractivity (Wildman–Crippen MR) is 66.7 cm³/mol. The zero-order valence-corrected chi connectivity index (χ0v) is 10.3. The Morgan fingerprint density at radius 2 is 2.11 bits per heavy atom. The maximum atomic E-state index is 13.5. The van der Waals surface area contributed by atoms with Gasteiger partial charge >= 0.3 is 0 Å². The number of nitrogens with one attached hydrogen (secondary N) is 1. The van der Waals surface area contributed by atoms with Gasteiger partial charge in [0.05, 0.1) is 5.69 Å². The number of benzene rings is 1. The highest BCUT2D eigenvalue weighted by molar-refractivity contribution is 5.54. The van der Waals surface area contributed by atoms with Crippen LogP contribution in [0.15, 0.2) is 30.6 Å². The molecule has 5 heteroatoms. The second kappa shape index (κ2) is 5.16. The molecular formula is C13H15F2N3. The summed E-state index contributed by atoms with van der Waals surface area (Å²) in [5, 5.41) is 2.80. The number of hydrogen-bond acceptors (Lipinski definition) is 2. The van der Waals surface area contributed by atoms with Crippen LogP contribution in [0.5, 0.6) is 0 Å². The first-order valence-electron chi connectivity index (χ1n) is 5.79. The molecule has 1 N–H and O–H groups in total. The first-order valence-corrected chi connectivity index (χ1v) is 5.79. The number of halogens is 2. The largest absolute Gasteiger partial charge is 0.323 e. The zero-order valence-electron chi connectivity index (χ0n) is 10.3. The van der Waals surface area contributed by atoms with Gasteiger partial charge in [-0.05, 0) is 18.1 Å². The monoisotopic (exact) mass is 251 g/mol. The molecule has 0 radical (unpaired) electrons. The summed E-state index contributed by atoms with van der Waals surface area (Å²) in [5.74, 6) is -0.0401. The molecule has 0 aliphatic heterocycles. The average Bonchev–Trinajstić information content (AvgIpc) is 2.70. The van der Waals surface area contributed by atoms with Crippen molar-refractivity contribution < 1.29 is 8.78 Å². The number of aromatic nitrogens is 2. The molecule has 2 rings (SSSR count). The predicted octanol–water partition coefficient (Wildman–Crippen LogP) is 3.56. The SMILES string of the molecule is CC(C)Cn1ccnc1Nc1cc(F)ccc1F. The molecule has 0 bridgehead atoms. The van der Waals surface area contributed by atoms with Gasteiger partial charge in [-0.3, -0.25) is 0 Å². The Labute approximate surface area is 104 Å². The lowest BCUT2D eigenvalue weighted by atomic mass is 10.2. The summed E-state index contributed by atoms with van der Waals surface area (Å²) in [4.78, 5) is 4.10. The normalized spacial score (nSPS) is 10.9. The van der Waals surface area contributed by atoms with Crippen molar-refractivity contribution in [3.63, 3.8) is 0 Å². The molecule has 0 aliphatic carbocycles. The van der Waals surface area contributed by atoms with Gasteiger partial charge in [-0.25, -0.2) is 13.8 Å². The number of rotatable bonds is 4.